The van der Waals surface area contributed by atoms with Gasteiger partial charge in [-0.3, -0.25) is 14.6 Å². The number of carbonyl (C=O) groups is 1. The summed E-state index contributed by atoms with van der Waals surface area (Å²) in [6, 6.07) is 3.26. The van der Waals surface area contributed by atoms with Gasteiger partial charge in [0.15, 0.2) is 5.75 Å². The van der Waals surface area contributed by atoms with Crippen molar-refractivity contribution in [1.29, 1.82) is 0 Å². The Kier molecular flexibility index (Phi) is 6.66. The van der Waals surface area contributed by atoms with Gasteiger partial charge in [-0.25, -0.2) is 0 Å². The van der Waals surface area contributed by atoms with Gasteiger partial charge in [0.05, 0.1) is 30.1 Å². The highest BCUT2D eigenvalue weighted by Crippen LogP contribution is 2.42. The summed E-state index contributed by atoms with van der Waals surface area (Å²) < 4.78 is 55.3. The maximum Gasteiger partial charge on any atom is 0.573 e. The lowest BCUT2D eigenvalue weighted by atomic mass is 9.95. The Morgan fingerprint density at radius 1 is 1.05 bits per heavy atom. The van der Waals surface area contributed by atoms with Gasteiger partial charge in [0.2, 0.25) is 0 Å². The number of rotatable bonds is 6. The molecule has 4 aliphatic heterocycles. The van der Waals surface area contributed by atoms with Crippen LogP contribution < -0.4 is 19.3 Å². The number of hydrogen-bond donors (Lipinski definition) is 1. The molecule has 1 amide bonds. The average Bonchev–Trinajstić information content (AvgIpc) is 3.48. The quantitative estimate of drug-likeness (QED) is 0.581. The lowest BCUT2D eigenvalue weighted by Crippen LogP contribution is -2.43. The molecule has 1 aromatic heterocycles. The Hall–Kier alpha value is -3.32. The first-order valence-electron chi connectivity index (χ1n) is 13.2. The number of halogens is 3. The lowest BCUT2D eigenvalue weighted by molar-refractivity contribution is -0.274. The van der Waals surface area contributed by atoms with Gasteiger partial charge in [0.1, 0.15) is 23.7 Å². The molecule has 3 saturated heterocycles. The van der Waals surface area contributed by atoms with Gasteiger partial charge >= 0.3 is 12.4 Å². The molecule has 39 heavy (non-hydrogen) atoms. The van der Waals surface area contributed by atoms with Crippen LogP contribution in [0, 0.1) is 0 Å². The van der Waals surface area contributed by atoms with Crippen molar-refractivity contribution < 1.29 is 37.3 Å². The van der Waals surface area contributed by atoms with E-state index in [2.05, 4.69) is 19.6 Å². The SMILES string of the molecule is O=C1c2c(nc(OCC34CCCN3CCC4)nc2N2CCCOCC2)CN1c1cc(O)ccc1OC(F)(F)F. The minimum absolute atomic E-state index is 0.0355. The number of phenols is 1. The summed E-state index contributed by atoms with van der Waals surface area (Å²) >= 11 is 0. The fraction of sp³-hybridized carbons (Fsp3) is 0.577. The molecular formula is C26H30F3N5O5. The molecule has 0 aliphatic carbocycles. The molecule has 0 radical (unpaired) electrons. The zero-order chi connectivity index (χ0) is 27.2. The summed E-state index contributed by atoms with van der Waals surface area (Å²) in [6.45, 7) is 4.49. The number of aromatic nitrogens is 2. The van der Waals surface area contributed by atoms with Crippen molar-refractivity contribution in [3.05, 3.63) is 29.5 Å². The number of phenolic OH excluding ortho intramolecular Hbond substituents is 1. The summed E-state index contributed by atoms with van der Waals surface area (Å²) in [6.07, 6.45) is 0.0561. The Labute approximate surface area is 223 Å². The first-order valence-corrected chi connectivity index (χ1v) is 13.2. The van der Waals surface area contributed by atoms with E-state index in [1.807, 2.05) is 4.90 Å². The van der Waals surface area contributed by atoms with Gasteiger partial charge in [-0.15, -0.1) is 13.2 Å². The zero-order valence-electron chi connectivity index (χ0n) is 21.4. The van der Waals surface area contributed by atoms with E-state index >= 15 is 0 Å². The molecule has 4 aliphatic rings. The lowest BCUT2D eigenvalue weighted by Gasteiger charge is -2.31. The monoisotopic (exact) mass is 549 g/mol. The third kappa shape index (κ3) is 5.05. The number of aromatic hydroxyl groups is 1. The maximum absolute atomic E-state index is 13.7. The topological polar surface area (TPSA) is 100 Å². The van der Waals surface area contributed by atoms with Crippen LogP contribution in [0.5, 0.6) is 17.5 Å². The molecule has 6 rings (SSSR count). The van der Waals surface area contributed by atoms with Crippen molar-refractivity contribution in [2.45, 2.75) is 50.6 Å². The van der Waals surface area contributed by atoms with Crippen LogP contribution >= 0.6 is 0 Å². The molecule has 2 aromatic rings. The third-order valence-corrected chi connectivity index (χ3v) is 7.97. The number of hydrogen-bond acceptors (Lipinski definition) is 9. The fourth-order valence-electron chi connectivity index (χ4n) is 6.20. The number of fused-ring (bicyclic) bond motifs is 2. The number of carbonyl (C=O) groups excluding carboxylic acids is 1. The van der Waals surface area contributed by atoms with E-state index in [1.54, 1.807) is 0 Å². The minimum atomic E-state index is -4.98. The Morgan fingerprint density at radius 2 is 1.85 bits per heavy atom. The number of benzene rings is 1. The van der Waals surface area contributed by atoms with E-state index in [0.29, 0.717) is 44.4 Å². The van der Waals surface area contributed by atoms with Gasteiger partial charge < -0.3 is 24.2 Å². The highest BCUT2D eigenvalue weighted by molar-refractivity contribution is 6.13. The van der Waals surface area contributed by atoms with Crippen molar-refractivity contribution in [1.82, 2.24) is 14.9 Å². The predicted octanol–water partition coefficient (Wildman–Crippen LogP) is 3.48. The maximum atomic E-state index is 13.7. The van der Waals surface area contributed by atoms with Crippen molar-refractivity contribution in [3.8, 4) is 17.5 Å². The van der Waals surface area contributed by atoms with E-state index < -0.39 is 18.0 Å². The summed E-state index contributed by atoms with van der Waals surface area (Å²) in [7, 11) is 0. The van der Waals surface area contributed by atoms with Gasteiger partial charge in [-0.1, -0.05) is 0 Å². The van der Waals surface area contributed by atoms with Gasteiger partial charge in [0.25, 0.3) is 5.91 Å². The molecule has 1 aromatic carbocycles. The van der Waals surface area contributed by atoms with Gasteiger partial charge in [-0.05, 0) is 57.3 Å². The number of alkyl halides is 3. The second-order valence-electron chi connectivity index (χ2n) is 10.4. The molecule has 0 unspecified atom stereocenters. The fourth-order valence-corrected chi connectivity index (χ4v) is 6.20. The van der Waals surface area contributed by atoms with Gasteiger partial charge in [-0.2, -0.15) is 9.97 Å². The Balaban J connectivity index is 1.35. The molecule has 0 saturated carbocycles. The molecule has 1 N–H and O–H groups in total. The standard InChI is InChI=1S/C26H30F3N5O5/c27-26(28,29)39-20-5-4-17(35)14-19(20)34-15-18-21(23(34)36)22(32-8-3-12-37-13-11-32)31-24(30-18)38-16-25-6-1-9-33(25)10-2-7-25/h4-5,14,35H,1-3,6-13,15-16H2. The van der Waals surface area contributed by atoms with Crippen LogP contribution in [0.4, 0.5) is 24.7 Å². The number of ether oxygens (including phenoxy) is 3. The van der Waals surface area contributed by atoms with Crippen molar-refractivity contribution in [2.75, 3.05) is 55.8 Å². The first kappa shape index (κ1) is 25.9. The summed E-state index contributed by atoms with van der Waals surface area (Å²) in [4.78, 5) is 28.5. The van der Waals surface area contributed by atoms with Crippen LogP contribution in [0.2, 0.25) is 0 Å². The molecule has 5 heterocycles. The van der Waals surface area contributed by atoms with Crippen LogP contribution in [0.3, 0.4) is 0 Å². The van der Waals surface area contributed by atoms with E-state index in [-0.39, 0.29) is 35.1 Å². The van der Waals surface area contributed by atoms with Gasteiger partial charge in [0, 0.05) is 25.8 Å². The molecule has 0 bridgehead atoms. The Bertz CT molecular complexity index is 1240. The molecule has 3 fully saturated rings. The second-order valence-corrected chi connectivity index (χ2v) is 10.4. The number of anilines is 2. The van der Waals surface area contributed by atoms with Crippen LogP contribution in [0.25, 0.3) is 0 Å². The smallest absolute Gasteiger partial charge is 0.508 e. The number of amides is 1. The Morgan fingerprint density at radius 3 is 2.62 bits per heavy atom. The molecule has 210 valence electrons. The first-order chi connectivity index (χ1) is 18.7. The van der Waals surface area contributed by atoms with E-state index in [0.717, 1.165) is 68.3 Å². The average molecular weight is 550 g/mol. The summed E-state index contributed by atoms with van der Waals surface area (Å²) in [5, 5.41) is 10.0. The van der Waals surface area contributed by atoms with Crippen LogP contribution in [-0.2, 0) is 11.3 Å². The molecule has 10 nitrogen and oxygen atoms in total. The zero-order valence-corrected chi connectivity index (χ0v) is 21.4. The molecule has 0 spiro atoms. The predicted molar refractivity (Wildman–Crippen MR) is 133 cm³/mol. The highest BCUT2D eigenvalue weighted by Gasteiger charge is 2.45. The van der Waals surface area contributed by atoms with Crippen molar-refractivity contribution in [2.24, 2.45) is 0 Å². The van der Waals surface area contributed by atoms with Crippen molar-refractivity contribution in [3.63, 3.8) is 0 Å². The van der Waals surface area contributed by atoms with Crippen LogP contribution in [0.15, 0.2) is 18.2 Å². The van der Waals surface area contributed by atoms with E-state index in [1.165, 1.54) is 0 Å². The second kappa shape index (κ2) is 10.0. The molecule has 0 atom stereocenters. The third-order valence-electron chi connectivity index (χ3n) is 7.97. The molecular weight excluding hydrogens is 519 g/mol. The van der Waals surface area contributed by atoms with Crippen molar-refractivity contribution >= 4 is 17.4 Å². The van der Waals surface area contributed by atoms with E-state index in [9.17, 15) is 23.1 Å². The number of nitrogens with zero attached hydrogens (tertiary/aromatic N) is 5. The van der Waals surface area contributed by atoms with E-state index in [4.69, 9.17) is 9.47 Å². The summed E-state index contributed by atoms with van der Waals surface area (Å²) in [5.74, 6) is -1.11. The largest absolute Gasteiger partial charge is 0.573 e. The minimum Gasteiger partial charge on any atom is -0.508 e. The van der Waals surface area contributed by atoms with Crippen LogP contribution in [-0.4, -0.2) is 83.8 Å². The summed E-state index contributed by atoms with van der Waals surface area (Å²) in [5.41, 5.74) is 0.298. The highest BCUT2D eigenvalue weighted by atomic mass is 19.4. The normalized spacial score (nSPS) is 21.2. The molecule has 13 heteroatoms. The van der Waals surface area contributed by atoms with Crippen LogP contribution in [0.1, 0.15) is 48.2 Å².